The Morgan fingerprint density at radius 1 is 1.22 bits per heavy atom. The summed E-state index contributed by atoms with van der Waals surface area (Å²) in [5.41, 5.74) is -1.13. The van der Waals surface area contributed by atoms with Gasteiger partial charge < -0.3 is 15.0 Å². The quantitative estimate of drug-likeness (QED) is 0.588. The Morgan fingerprint density at radius 3 is 2.38 bits per heavy atom. The Hall–Kier alpha value is -2.97. The van der Waals surface area contributed by atoms with Crippen LogP contribution in [-0.2, 0) is 24.3 Å². The van der Waals surface area contributed by atoms with Crippen molar-refractivity contribution in [1.29, 1.82) is 5.26 Å². The Bertz CT molecular complexity index is 1020. The number of ether oxygens (including phenoxy) is 1. The van der Waals surface area contributed by atoms with Crippen molar-refractivity contribution in [1.82, 2.24) is 14.5 Å². The first kappa shape index (κ1) is 25.3. The molecule has 0 spiro atoms. The van der Waals surface area contributed by atoms with Crippen LogP contribution >= 0.6 is 0 Å². The number of piperazine rings is 1. The van der Waals surface area contributed by atoms with Gasteiger partial charge in [0.15, 0.2) is 6.61 Å². The van der Waals surface area contributed by atoms with Crippen LogP contribution in [0.3, 0.4) is 0 Å². The minimum absolute atomic E-state index is 0.0202. The zero-order valence-electron chi connectivity index (χ0n) is 18.6. The smallest absolute Gasteiger partial charge is 0.338 e. The molecule has 0 bridgehead atoms. The lowest BCUT2D eigenvalue weighted by molar-refractivity contribution is -0.130. The Balaban J connectivity index is 2.04. The van der Waals surface area contributed by atoms with Crippen molar-refractivity contribution >= 4 is 27.8 Å². The third-order valence-electron chi connectivity index (χ3n) is 5.51. The van der Waals surface area contributed by atoms with Gasteiger partial charge in [-0.15, -0.1) is 0 Å². The Labute approximate surface area is 188 Å². The van der Waals surface area contributed by atoms with E-state index in [1.54, 1.807) is 25.7 Å². The third kappa shape index (κ3) is 5.83. The summed E-state index contributed by atoms with van der Waals surface area (Å²) in [7, 11) is -3.86. The minimum atomic E-state index is -3.86. The molecule has 0 radical (unpaired) electrons. The van der Waals surface area contributed by atoms with E-state index in [9.17, 15) is 28.1 Å². The van der Waals surface area contributed by atoms with Crippen LogP contribution in [0, 0.1) is 17.2 Å². The third-order valence-corrected chi connectivity index (χ3v) is 7.41. The predicted octanol–water partition coefficient (Wildman–Crippen LogP) is 0.751. The summed E-state index contributed by atoms with van der Waals surface area (Å²) in [4.78, 5) is 37.4. The maximum Gasteiger partial charge on any atom is 0.338 e. The Kier molecular flexibility index (Phi) is 7.98. The molecule has 1 N–H and O–H groups in total. The van der Waals surface area contributed by atoms with E-state index < -0.39 is 34.0 Å². The van der Waals surface area contributed by atoms with Crippen LogP contribution in [0.2, 0.25) is 0 Å². The number of benzene rings is 1. The molecule has 0 aliphatic carbocycles. The number of carbonyl (C=O) groups is 3. The van der Waals surface area contributed by atoms with E-state index in [4.69, 9.17) is 4.74 Å². The average molecular weight is 465 g/mol. The summed E-state index contributed by atoms with van der Waals surface area (Å²) in [6, 6.07) is 7.40. The van der Waals surface area contributed by atoms with Gasteiger partial charge in [0.2, 0.25) is 15.9 Å². The first-order valence-electron chi connectivity index (χ1n) is 10.2. The number of hydrogen-bond donors (Lipinski definition) is 1. The highest BCUT2D eigenvalue weighted by molar-refractivity contribution is 7.89. The van der Waals surface area contributed by atoms with Gasteiger partial charge in [0.1, 0.15) is 5.54 Å². The maximum atomic E-state index is 12.9. The molecule has 1 fully saturated rings. The number of carbonyl (C=O) groups excluding carboxylic acids is 3. The molecule has 1 aromatic rings. The molecule has 0 aromatic heterocycles. The number of rotatable bonds is 7. The number of nitrogens with zero attached hydrogens (tertiary/aromatic N) is 3. The fourth-order valence-electron chi connectivity index (χ4n) is 3.02. The molecule has 1 aliphatic heterocycles. The summed E-state index contributed by atoms with van der Waals surface area (Å²) >= 11 is 0. The second-order valence-electron chi connectivity index (χ2n) is 8.03. The van der Waals surface area contributed by atoms with E-state index in [0.717, 1.165) is 0 Å². The second-order valence-corrected chi connectivity index (χ2v) is 9.97. The second kappa shape index (κ2) is 10.1. The number of hydrogen-bond acceptors (Lipinski definition) is 7. The monoisotopic (exact) mass is 464 g/mol. The molecule has 2 rings (SSSR count). The van der Waals surface area contributed by atoms with Gasteiger partial charge in [-0.1, -0.05) is 19.9 Å². The SMILES string of the molecule is CC(=O)N1CCN(S(=O)(=O)c2cccc(C(=O)OCC(=O)N[C@@](C)(C#N)C(C)C)c2)CC1. The fraction of sp³-hybridized carbons (Fsp3) is 0.524. The van der Waals surface area contributed by atoms with Crippen LogP contribution in [0.15, 0.2) is 29.2 Å². The molecule has 1 aromatic carbocycles. The van der Waals surface area contributed by atoms with Gasteiger partial charge in [-0.25, -0.2) is 13.2 Å². The first-order chi connectivity index (χ1) is 14.9. The molecule has 1 saturated heterocycles. The van der Waals surface area contributed by atoms with Crippen LogP contribution in [0.1, 0.15) is 38.1 Å². The molecule has 32 heavy (non-hydrogen) atoms. The normalized spacial score (nSPS) is 16.7. The maximum absolute atomic E-state index is 12.9. The van der Waals surface area contributed by atoms with Gasteiger partial charge in [0.25, 0.3) is 5.91 Å². The highest BCUT2D eigenvalue weighted by atomic mass is 32.2. The van der Waals surface area contributed by atoms with Gasteiger partial charge in [0.05, 0.1) is 16.5 Å². The summed E-state index contributed by atoms with van der Waals surface area (Å²) in [6.07, 6.45) is 0. The lowest BCUT2D eigenvalue weighted by Crippen LogP contribution is -2.50. The number of sulfonamides is 1. The molecule has 0 unspecified atom stereocenters. The van der Waals surface area contributed by atoms with Gasteiger partial charge in [-0.3, -0.25) is 9.59 Å². The van der Waals surface area contributed by atoms with Gasteiger partial charge in [-0.05, 0) is 31.0 Å². The van der Waals surface area contributed by atoms with Crippen molar-refractivity contribution in [2.75, 3.05) is 32.8 Å². The van der Waals surface area contributed by atoms with Crippen molar-refractivity contribution in [3.8, 4) is 6.07 Å². The average Bonchev–Trinajstić information content (AvgIpc) is 2.77. The number of esters is 1. The molecule has 2 amide bonds. The zero-order chi connectivity index (χ0) is 24.1. The van der Waals surface area contributed by atoms with E-state index in [0.29, 0.717) is 13.1 Å². The number of amides is 2. The predicted molar refractivity (Wildman–Crippen MR) is 115 cm³/mol. The van der Waals surface area contributed by atoms with Gasteiger partial charge in [-0.2, -0.15) is 9.57 Å². The molecular formula is C21H28N4O6S. The topological polar surface area (TPSA) is 137 Å². The van der Waals surface area contributed by atoms with Crippen molar-refractivity contribution in [3.63, 3.8) is 0 Å². The van der Waals surface area contributed by atoms with Crippen LogP contribution in [-0.4, -0.2) is 73.7 Å². The van der Waals surface area contributed by atoms with Crippen LogP contribution in [0.5, 0.6) is 0 Å². The van der Waals surface area contributed by atoms with Crippen molar-refractivity contribution in [2.45, 2.75) is 38.1 Å². The molecule has 1 aliphatic rings. The van der Waals surface area contributed by atoms with Crippen LogP contribution in [0.4, 0.5) is 0 Å². The standard InChI is InChI=1S/C21H28N4O6S/c1-15(2)21(4,14-22)23-19(27)13-31-20(28)17-6-5-7-18(12-17)32(29,30)25-10-8-24(9-11-25)16(3)26/h5-7,12,15H,8-11,13H2,1-4H3,(H,23,27)/t21-/m0/s1. The minimum Gasteiger partial charge on any atom is -0.452 e. The first-order valence-corrected chi connectivity index (χ1v) is 11.6. The summed E-state index contributed by atoms with van der Waals surface area (Å²) in [5, 5.41) is 11.8. The molecule has 1 heterocycles. The zero-order valence-corrected chi connectivity index (χ0v) is 19.4. The molecular weight excluding hydrogens is 436 g/mol. The van der Waals surface area contributed by atoms with E-state index in [2.05, 4.69) is 5.32 Å². The van der Waals surface area contributed by atoms with Crippen LogP contribution < -0.4 is 5.32 Å². The van der Waals surface area contributed by atoms with Crippen molar-refractivity contribution < 1.29 is 27.5 Å². The summed E-state index contributed by atoms with van der Waals surface area (Å²) in [5.74, 6) is -1.77. The van der Waals surface area contributed by atoms with E-state index >= 15 is 0 Å². The van der Waals surface area contributed by atoms with Crippen molar-refractivity contribution in [2.24, 2.45) is 5.92 Å². The van der Waals surface area contributed by atoms with Gasteiger partial charge >= 0.3 is 5.97 Å². The van der Waals surface area contributed by atoms with Crippen molar-refractivity contribution in [3.05, 3.63) is 29.8 Å². The highest BCUT2D eigenvalue weighted by Crippen LogP contribution is 2.20. The highest BCUT2D eigenvalue weighted by Gasteiger charge is 2.31. The van der Waals surface area contributed by atoms with E-state index in [-0.39, 0.29) is 35.4 Å². The number of nitrogens with one attached hydrogen (secondary N) is 1. The number of nitriles is 1. The van der Waals surface area contributed by atoms with E-state index in [1.165, 1.54) is 35.5 Å². The largest absolute Gasteiger partial charge is 0.452 e. The fourth-order valence-corrected chi connectivity index (χ4v) is 4.49. The lowest BCUT2D eigenvalue weighted by Gasteiger charge is -2.33. The Morgan fingerprint density at radius 2 is 1.84 bits per heavy atom. The summed E-state index contributed by atoms with van der Waals surface area (Å²) in [6.45, 7) is 6.86. The van der Waals surface area contributed by atoms with E-state index in [1.807, 2.05) is 6.07 Å². The molecule has 11 heteroatoms. The molecule has 0 saturated carbocycles. The van der Waals surface area contributed by atoms with Crippen LogP contribution in [0.25, 0.3) is 0 Å². The molecule has 10 nitrogen and oxygen atoms in total. The van der Waals surface area contributed by atoms with Gasteiger partial charge in [0, 0.05) is 33.1 Å². The summed E-state index contributed by atoms with van der Waals surface area (Å²) < 4.78 is 32.1. The molecule has 174 valence electrons. The lowest BCUT2D eigenvalue weighted by atomic mass is 9.90. The molecule has 1 atom stereocenters.